The zero-order chi connectivity index (χ0) is 17.0. The van der Waals surface area contributed by atoms with Crippen molar-refractivity contribution in [2.75, 3.05) is 5.75 Å². The number of hydrogen-bond acceptors (Lipinski definition) is 5. The molecule has 1 heterocycles. The van der Waals surface area contributed by atoms with Crippen molar-refractivity contribution in [2.45, 2.75) is 65.1 Å². The fourth-order valence-corrected chi connectivity index (χ4v) is 4.07. The zero-order valence-corrected chi connectivity index (χ0v) is 15.7. The number of carbonyl (C=O) groups excluding carboxylic acids is 1. The Balaban J connectivity index is 1.90. The van der Waals surface area contributed by atoms with Gasteiger partial charge in [-0.2, -0.15) is 0 Å². The first kappa shape index (κ1) is 18.2. The van der Waals surface area contributed by atoms with E-state index in [0.717, 1.165) is 24.2 Å². The molecule has 0 saturated heterocycles. The molecule has 0 aromatic carbocycles. The summed E-state index contributed by atoms with van der Waals surface area (Å²) >= 11 is 1.36. The SMILES string of the molecule is Cc1cc(C)nc(SCC(=O)O[C@H]2C[C@H](C)CC[C@@H]2C(C)C)n1. The Morgan fingerprint density at radius 1 is 1.30 bits per heavy atom. The molecule has 1 aromatic heterocycles. The van der Waals surface area contributed by atoms with Crippen LogP contribution in [0.2, 0.25) is 0 Å². The first-order valence-electron chi connectivity index (χ1n) is 8.49. The molecule has 23 heavy (non-hydrogen) atoms. The maximum Gasteiger partial charge on any atom is 0.316 e. The van der Waals surface area contributed by atoms with Gasteiger partial charge in [0, 0.05) is 11.4 Å². The molecule has 0 unspecified atom stereocenters. The average Bonchev–Trinajstić information content (AvgIpc) is 2.44. The monoisotopic (exact) mass is 336 g/mol. The molecule has 0 N–H and O–H groups in total. The smallest absolute Gasteiger partial charge is 0.316 e. The Labute approximate surface area is 143 Å². The summed E-state index contributed by atoms with van der Waals surface area (Å²) in [5, 5.41) is 0.650. The van der Waals surface area contributed by atoms with Gasteiger partial charge in [-0.3, -0.25) is 4.79 Å². The summed E-state index contributed by atoms with van der Waals surface area (Å²) in [6, 6.07) is 1.93. The van der Waals surface area contributed by atoms with Crippen LogP contribution in [0.15, 0.2) is 11.2 Å². The molecule has 2 rings (SSSR count). The highest BCUT2D eigenvalue weighted by Crippen LogP contribution is 2.35. The summed E-state index contributed by atoms with van der Waals surface area (Å²) in [5.74, 6) is 1.80. The number of rotatable bonds is 5. The lowest BCUT2D eigenvalue weighted by Gasteiger charge is -2.36. The van der Waals surface area contributed by atoms with Gasteiger partial charge in [-0.05, 0) is 50.5 Å². The molecule has 3 atom stereocenters. The Hall–Kier alpha value is -1.10. The maximum atomic E-state index is 12.2. The minimum Gasteiger partial charge on any atom is -0.461 e. The van der Waals surface area contributed by atoms with E-state index in [1.54, 1.807) is 0 Å². The van der Waals surface area contributed by atoms with Gasteiger partial charge in [-0.1, -0.05) is 39.0 Å². The summed E-state index contributed by atoms with van der Waals surface area (Å²) < 4.78 is 5.80. The van der Waals surface area contributed by atoms with Crippen LogP contribution in [0.25, 0.3) is 0 Å². The fraction of sp³-hybridized carbons (Fsp3) is 0.722. The Morgan fingerprint density at radius 2 is 1.96 bits per heavy atom. The van der Waals surface area contributed by atoms with Crippen molar-refractivity contribution in [3.8, 4) is 0 Å². The molecule has 0 amide bonds. The van der Waals surface area contributed by atoms with Crippen LogP contribution in [0.5, 0.6) is 0 Å². The highest BCUT2D eigenvalue weighted by Gasteiger charge is 2.33. The molecule has 1 aromatic rings. The molecule has 1 saturated carbocycles. The maximum absolute atomic E-state index is 12.2. The predicted molar refractivity (Wildman–Crippen MR) is 93.5 cm³/mol. The van der Waals surface area contributed by atoms with Crippen LogP contribution in [0, 0.1) is 31.6 Å². The van der Waals surface area contributed by atoms with Crippen molar-refractivity contribution in [2.24, 2.45) is 17.8 Å². The number of ether oxygens (including phenoxy) is 1. The van der Waals surface area contributed by atoms with Crippen molar-refractivity contribution in [1.82, 2.24) is 9.97 Å². The summed E-state index contributed by atoms with van der Waals surface area (Å²) in [4.78, 5) is 20.9. The van der Waals surface area contributed by atoms with E-state index in [-0.39, 0.29) is 17.8 Å². The van der Waals surface area contributed by atoms with Crippen LogP contribution in [-0.4, -0.2) is 27.8 Å². The van der Waals surface area contributed by atoms with E-state index in [4.69, 9.17) is 4.74 Å². The van der Waals surface area contributed by atoms with Gasteiger partial charge in [0.25, 0.3) is 0 Å². The molecule has 5 heteroatoms. The first-order valence-corrected chi connectivity index (χ1v) is 9.48. The number of aromatic nitrogens is 2. The van der Waals surface area contributed by atoms with Gasteiger partial charge in [0.15, 0.2) is 5.16 Å². The quantitative estimate of drug-likeness (QED) is 0.458. The third kappa shape index (κ3) is 5.48. The van der Waals surface area contributed by atoms with Crippen molar-refractivity contribution < 1.29 is 9.53 Å². The largest absolute Gasteiger partial charge is 0.461 e. The van der Waals surface area contributed by atoms with Gasteiger partial charge in [0.05, 0.1) is 5.75 Å². The van der Waals surface area contributed by atoms with Crippen molar-refractivity contribution in [1.29, 1.82) is 0 Å². The van der Waals surface area contributed by atoms with Gasteiger partial charge in [0.2, 0.25) is 0 Å². The van der Waals surface area contributed by atoms with Crippen LogP contribution in [-0.2, 0) is 9.53 Å². The fourth-order valence-electron chi connectivity index (χ4n) is 3.33. The minimum absolute atomic E-state index is 0.0620. The van der Waals surface area contributed by atoms with E-state index in [1.807, 2.05) is 19.9 Å². The van der Waals surface area contributed by atoms with E-state index in [2.05, 4.69) is 30.7 Å². The summed E-state index contributed by atoms with van der Waals surface area (Å²) in [5.41, 5.74) is 1.85. The predicted octanol–water partition coefficient (Wildman–Crippen LogP) is 4.19. The highest BCUT2D eigenvalue weighted by molar-refractivity contribution is 7.99. The normalized spacial score (nSPS) is 24.7. The van der Waals surface area contributed by atoms with E-state index in [9.17, 15) is 4.79 Å². The second-order valence-electron chi connectivity index (χ2n) is 7.08. The van der Waals surface area contributed by atoms with E-state index >= 15 is 0 Å². The molecular formula is C18H28N2O2S. The Kier molecular flexibility index (Phi) is 6.45. The Bertz CT molecular complexity index is 528. The number of thioether (sulfide) groups is 1. The van der Waals surface area contributed by atoms with Crippen LogP contribution >= 0.6 is 11.8 Å². The molecule has 0 radical (unpaired) electrons. The number of hydrogen-bond donors (Lipinski definition) is 0. The van der Waals surface area contributed by atoms with Crippen LogP contribution in [0.4, 0.5) is 0 Å². The lowest BCUT2D eigenvalue weighted by Crippen LogP contribution is -2.36. The first-order chi connectivity index (χ1) is 10.8. The molecule has 4 nitrogen and oxygen atoms in total. The van der Waals surface area contributed by atoms with Gasteiger partial charge in [-0.15, -0.1) is 0 Å². The molecular weight excluding hydrogens is 308 g/mol. The molecule has 128 valence electrons. The Morgan fingerprint density at radius 3 is 2.57 bits per heavy atom. The standard InChI is InChI=1S/C18H28N2O2S/c1-11(2)15-7-6-12(3)8-16(15)22-17(21)10-23-18-19-13(4)9-14(5)20-18/h9,11-12,15-16H,6-8,10H2,1-5H3/t12-,15-,16+/m1/s1. The van der Waals surface area contributed by atoms with Gasteiger partial charge < -0.3 is 4.74 Å². The average molecular weight is 337 g/mol. The molecule has 0 bridgehead atoms. The zero-order valence-electron chi connectivity index (χ0n) is 14.8. The topological polar surface area (TPSA) is 52.1 Å². The van der Waals surface area contributed by atoms with Crippen molar-refractivity contribution in [3.63, 3.8) is 0 Å². The molecule has 1 fully saturated rings. The van der Waals surface area contributed by atoms with Crippen LogP contribution in [0.3, 0.4) is 0 Å². The van der Waals surface area contributed by atoms with E-state index < -0.39 is 0 Å². The highest BCUT2D eigenvalue weighted by atomic mass is 32.2. The molecule has 1 aliphatic rings. The van der Waals surface area contributed by atoms with Crippen LogP contribution < -0.4 is 0 Å². The second-order valence-corrected chi connectivity index (χ2v) is 8.02. The number of esters is 1. The molecule has 1 aliphatic carbocycles. The summed E-state index contributed by atoms with van der Waals surface area (Å²) in [7, 11) is 0. The number of aryl methyl sites for hydroxylation is 2. The molecule has 0 aliphatic heterocycles. The van der Waals surface area contributed by atoms with Gasteiger partial charge in [-0.25, -0.2) is 9.97 Å². The number of carbonyl (C=O) groups is 1. The van der Waals surface area contributed by atoms with E-state index in [0.29, 0.717) is 22.9 Å². The summed E-state index contributed by atoms with van der Waals surface area (Å²) in [6.07, 6.45) is 3.44. The van der Waals surface area contributed by atoms with Gasteiger partial charge >= 0.3 is 5.97 Å². The number of nitrogens with zero attached hydrogens (tertiary/aromatic N) is 2. The van der Waals surface area contributed by atoms with Crippen LogP contribution in [0.1, 0.15) is 51.4 Å². The van der Waals surface area contributed by atoms with Crippen molar-refractivity contribution in [3.05, 3.63) is 17.5 Å². The van der Waals surface area contributed by atoms with Crippen molar-refractivity contribution >= 4 is 17.7 Å². The third-order valence-corrected chi connectivity index (χ3v) is 5.35. The van der Waals surface area contributed by atoms with E-state index in [1.165, 1.54) is 18.2 Å². The lowest BCUT2D eigenvalue weighted by atomic mass is 9.75. The minimum atomic E-state index is -0.150. The van der Waals surface area contributed by atoms with Gasteiger partial charge in [0.1, 0.15) is 6.10 Å². The second kappa shape index (κ2) is 8.13. The third-order valence-electron chi connectivity index (χ3n) is 4.53. The lowest BCUT2D eigenvalue weighted by molar-refractivity contribution is -0.152. The molecule has 0 spiro atoms. The summed E-state index contributed by atoms with van der Waals surface area (Å²) in [6.45, 7) is 10.6.